The summed E-state index contributed by atoms with van der Waals surface area (Å²) >= 11 is 5.97. The van der Waals surface area contributed by atoms with E-state index in [2.05, 4.69) is 5.32 Å². The molecule has 20 heavy (non-hydrogen) atoms. The number of halogens is 1. The Balaban J connectivity index is 2.15. The molecule has 1 aromatic rings. The number of hydrogen-bond donors (Lipinski definition) is 1. The average Bonchev–Trinajstić information content (AvgIpc) is 2.38. The van der Waals surface area contributed by atoms with Crippen molar-refractivity contribution >= 4 is 23.2 Å². The van der Waals surface area contributed by atoms with Gasteiger partial charge in [0, 0.05) is 17.7 Å². The van der Waals surface area contributed by atoms with Crippen molar-refractivity contribution in [1.82, 2.24) is 5.32 Å². The van der Waals surface area contributed by atoms with Gasteiger partial charge in [0.15, 0.2) is 0 Å². The highest BCUT2D eigenvalue weighted by atomic mass is 35.5. The maximum atomic E-state index is 12.3. The fraction of sp³-hybridized carbons (Fsp3) is 0.500. The monoisotopic (exact) mass is 296 g/mol. The van der Waals surface area contributed by atoms with Crippen LogP contribution in [0.2, 0.25) is 5.02 Å². The maximum Gasteiger partial charge on any atom is 0.270 e. The van der Waals surface area contributed by atoms with Crippen LogP contribution < -0.4 is 5.32 Å². The lowest BCUT2D eigenvalue weighted by atomic mass is 9.83. The van der Waals surface area contributed by atoms with Crippen LogP contribution >= 0.6 is 11.6 Å². The van der Waals surface area contributed by atoms with Crippen LogP contribution in [0.25, 0.3) is 0 Å². The summed E-state index contributed by atoms with van der Waals surface area (Å²) in [6.45, 7) is 2.03. The van der Waals surface area contributed by atoms with Gasteiger partial charge in [-0.05, 0) is 25.8 Å². The second-order valence-electron chi connectivity index (χ2n) is 5.50. The van der Waals surface area contributed by atoms with Gasteiger partial charge in [0.2, 0.25) is 0 Å². The van der Waals surface area contributed by atoms with Crippen LogP contribution in [0.15, 0.2) is 18.2 Å². The molecule has 108 valence electrons. The first-order valence-corrected chi connectivity index (χ1v) is 7.05. The molecule has 5 nitrogen and oxygen atoms in total. The molecule has 0 radical (unpaired) electrons. The number of nitro groups is 1. The Hall–Kier alpha value is -1.62. The quantitative estimate of drug-likeness (QED) is 0.683. The van der Waals surface area contributed by atoms with Gasteiger partial charge >= 0.3 is 0 Å². The average molecular weight is 297 g/mol. The third-order valence-corrected chi connectivity index (χ3v) is 4.09. The molecule has 0 aliphatic heterocycles. The van der Waals surface area contributed by atoms with Crippen LogP contribution in [-0.2, 0) is 0 Å². The van der Waals surface area contributed by atoms with Crippen LogP contribution in [0.3, 0.4) is 0 Å². The summed E-state index contributed by atoms with van der Waals surface area (Å²) in [5.74, 6) is -0.269. The number of hydrogen-bond acceptors (Lipinski definition) is 3. The number of nitrogens with one attached hydrogen (secondary N) is 1. The van der Waals surface area contributed by atoms with E-state index >= 15 is 0 Å². The van der Waals surface area contributed by atoms with Crippen molar-refractivity contribution in [3.63, 3.8) is 0 Å². The molecule has 1 aliphatic rings. The van der Waals surface area contributed by atoms with Gasteiger partial charge in [-0.15, -0.1) is 0 Å². The predicted octanol–water partition coefficient (Wildman–Crippen LogP) is 3.70. The van der Waals surface area contributed by atoms with Gasteiger partial charge in [0.05, 0.1) is 15.5 Å². The number of carbonyl (C=O) groups is 1. The van der Waals surface area contributed by atoms with Gasteiger partial charge in [0.25, 0.3) is 11.6 Å². The lowest BCUT2D eigenvalue weighted by Gasteiger charge is -2.34. The van der Waals surface area contributed by atoms with E-state index in [9.17, 15) is 14.9 Å². The minimum atomic E-state index is -0.532. The summed E-state index contributed by atoms with van der Waals surface area (Å²) in [6, 6.07) is 3.91. The van der Waals surface area contributed by atoms with E-state index in [1.165, 1.54) is 24.6 Å². The number of rotatable bonds is 3. The summed E-state index contributed by atoms with van der Waals surface area (Å²) in [5.41, 5.74) is -0.0417. The number of nitrogens with zero attached hydrogens (tertiary/aromatic N) is 1. The Morgan fingerprint density at radius 2 is 2.00 bits per heavy atom. The highest BCUT2D eigenvalue weighted by molar-refractivity contribution is 6.34. The molecule has 1 aromatic carbocycles. The van der Waals surface area contributed by atoms with E-state index in [0.29, 0.717) is 0 Å². The fourth-order valence-electron chi connectivity index (χ4n) is 2.60. The van der Waals surface area contributed by atoms with E-state index in [-0.39, 0.29) is 27.7 Å². The van der Waals surface area contributed by atoms with E-state index in [0.717, 1.165) is 25.7 Å². The highest BCUT2D eigenvalue weighted by Crippen LogP contribution is 2.29. The number of amides is 1. The molecular weight excluding hydrogens is 280 g/mol. The summed E-state index contributed by atoms with van der Waals surface area (Å²) in [4.78, 5) is 22.4. The zero-order valence-corrected chi connectivity index (χ0v) is 12.1. The van der Waals surface area contributed by atoms with Gasteiger partial charge in [-0.3, -0.25) is 14.9 Å². The molecule has 2 rings (SSSR count). The van der Waals surface area contributed by atoms with Crippen LogP contribution in [0, 0.1) is 10.1 Å². The molecule has 1 N–H and O–H groups in total. The molecule has 0 aromatic heterocycles. The van der Waals surface area contributed by atoms with Gasteiger partial charge in [-0.2, -0.15) is 0 Å². The molecular formula is C14H17ClN2O3. The molecule has 0 saturated heterocycles. The molecule has 1 amide bonds. The largest absolute Gasteiger partial charge is 0.347 e. The first-order valence-electron chi connectivity index (χ1n) is 6.68. The van der Waals surface area contributed by atoms with Crippen molar-refractivity contribution in [2.24, 2.45) is 0 Å². The zero-order chi connectivity index (χ0) is 14.8. The minimum Gasteiger partial charge on any atom is -0.347 e. The SMILES string of the molecule is CC1(NC(=O)c2ccc([N+](=O)[O-])cc2Cl)CCCCC1. The number of nitro benzene ring substituents is 1. The normalized spacial score (nSPS) is 17.5. The third kappa shape index (κ3) is 3.28. The van der Waals surface area contributed by atoms with E-state index < -0.39 is 4.92 Å². The summed E-state index contributed by atoms with van der Waals surface area (Å²) in [6.07, 6.45) is 5.30. The molecule has 0 heterocycles. The summed E-state index contributed by atoms with van der Waals surface area (Å²) in [7, 11) is 0. The van der Waals surface area contributed by atoms with Gasteiger partial charge < -0.3 is 5.32 Å². The van der Waals surface area contributed by atoms with E-state index in [4.69, 9.17) is 11.6 Å². The summed E-state index contributed by atoms with van der Waals surface area (Å²) in [5, 5.41) is 13.8. The van der Waals surface area contributed by atoms with E-state index in [1.807, 2.05) is 6.92 Å². The number of non-ortho nitro benzene ring substituents is 1. The second kappa shape index (κ2) is 5.79. The standard InChI is InChI=1S/C14H17ClN2O3/c1-14(7-3-2-4-8-14)16-13(18)11-6-5-10(17(19)20)9-12(11)15/h5-6,9H,2-4,7-8H2,1H3,(H,16,18). The minimum absolute atomic E-state index is 0.108. The summed E-state index contributed by atoms with van der Waals surface area (Å²) < 4.78 is 0. The lowest BCUT2D eigenvalue weighted by molar-refractivity contribution is -0.384. The lowest BCUT2D eigenvalue weighted by Crippen LogP contribution is -2.47. The van der Waals surface area contributed by atoms with Crippen LogP contribution in [0.5, 0.6) is 0 Å². The van der Waals surface area contributed by atoms with Crippen molar-refractivity contribution in [3.8, 4) is 0 Å². The third-order valence-electron chi connectivity index (χ3n) is 3.78. The topological polar surface area (TPSA) is 72.2 Å². The Kier molecular flexibility index (Phi) is 4.28. The maximum absolute atomic E-state index is 12.3. The molecule has 1 saturated carbocycles. The second-order valence-corrected chi connectivity index (χ2v) is 5.90. The van der Waals surface area contributed by atoms with Crippen LogP contribution in [0.1, 0.15) is 49.4 Å². The van der Waals surface area contributed by atoms with Crippen molar-refractivity contribution < 1.29 is 9.72 Å². The Bertz CT molecular complexity index is 539. The number of benzene rings is 1. The molecule has 0 unspecified atom stereocenters. The molecule has 1 aliphatic carbocycles. The van der Waals surface area contributed by atoms with Crippen molar-refractivity contribution in [2.75, 3.05) is 0 Å². The zero-order valence-electron chi connectivity index (χ0n) is 11.3. The Morgan fingerprint density at radius 1 is 1.35 bits per heavy atom. The van der Waals surface area contributed by atoms with Gasteiger partial charge in [-0.1, -0.05) is 30.9 Å². The van der Waals surface area contributed by atoms with Crippen molar-refractivity contribution in [1.29, 1.82) is 0 Å². The molecule has 6 heteroatoms. The highest BCUT2D eigenvalue weighted by Gasteiger charge is 2.29. The van der Waals surface area contributed by atoms with Crippen molar-refractivity contribution in [3.05, 3.63) is 38.9 Å². The first-order chi connectivity index (χ1) is 9.41. The molecule has 0 bridgehead atoms. The van der Waals surface area contributed by atoms with Gasteiger partial charge in [-0.25, -0.2) is 0 Å². The predicted molar refractivity (Wildman–Crippen MR) is 77.1 cm³/mol. The van der Waals surface area contributed by atoms with Gasteiger partial charge in [0.1, 0.15) is 0 Å². The van der Waals surface area contributed by atoms with E-state index in [1.54, 1.807) is 0 Å². The van der Waals surface area contributed by atoms with Crippen LogP contribution in [0.4, 0.5) is 5.69 Å². The molecule has 0 spiro atoms. The Labute approximate surface area is 122 Å². The molecule has 1 fully saturated rings. The van der Waals surface area contributed by atoms with Crippen molar-refractivity contribution in [2.45, 2.75) is 44.6 Å². The van der Waals surface area contributed by atoms with Crippen LogP contribution in [-0.4, -0.2) is 16.4 Å². The molecule has 0 atom stereocenters. The first kappa shape index (κ1) is 14.8. The number of carbonyl (C=O) groups excluding carboxylic acids is 1. The fourth-order valence-corrected chi connectivity index (χ4v) is 2.86. The smallest absolute Gasteiger partial charge is 0.270 e. The Morgan fingerprint density at radius 3 is 2.55 bits per heavy atom.